The third-order valence-electron chi connectivity index (χ3n) is 2.62. The SMILES string of the molecule is O=COCC1CCc2ccccc21. The van der Waals surface area contributed by atoms with E-state index < -0.39 is 0 Å². The summed E-state index contributed by atoms with van der Waals surface area (Å²) >= 11 is 0. The first kappa shape index (κ1) is 8.30. The van der Waals surface area contributed by atoms with Crippen LogP contribution in [0.3, 0.4) is 0 Å². The van der Waals surface area contributed by atoms with E-state index >= 15 is 0 Å². The molecule has 0 saturated heterocycles. The first-order valence-corrected chi connectivity index (χ1v) is 4.55. The Labute approximate surface area is 77.5 Å². The summed E-state index contributed by atoms with van der Waals surface area (Å²) < 4.78 is 4.79. The van der Waals surface area contributed by atoms with Gasteiger partial charge in [0.25, 0.3) is 6.47 Å². The highest BCUT2D eigenvalue weighted by Gasteiger charge is 2.21. The lowest BCUT2D eigenvalue weighted by molar-refractivity contribution is -0.129. The van der Waals surface area contributed by atoms with Crippen LogP contribution in [0.5, 0.6) is 0 Å². The summed E-state index contributed by atoms with van der Waals surface area (Å²) in [6, 6.07) is 8.37. The van der Waals surface area contributed by atoms with Crippen LogP contribution in [-0.2, 0) is 16.0 Å². The number of benzene rings is 1. The molecule has 1 unspecified atom stereocenters. The van der Waals surface area contributed by atoms with Crippen LogP contribution in [0.15, 0.2) is 24.3 Å². The Kier molecular flexibility index (Phi) is 2.30. The fraction of sp³-hybridized carbons (Fsp3) is 0.364. The van der Waals surface area contributed by atoms with Crippen LogP contribution in [0, 0.1) is 0 Å². The third kappa shape index (κ3) is 1.57. The minimum absolute atomic E-state index is 0.418. The second kappa shape index (κ2) is 3.60. The normalized spacial score (nSPS) is 19.5. The van der Waals surface area contributed by atoms with Crippen molar-refractivity contribution in [1.29, 1.82) is 0 Å². The zero-order chi connectivity index (χ0) is 9.10. The summed E-state index contributed by atoms with van der Waals surface area (Å²) in [7, 11) is 0. The van der Waals surface area contributed by atoms with Crippen LogP contribution in [-0.4, -0.2) is 13.1 Å². The summed E-state index contributed by atoms with van der Waals surface area (Å²) in [5, 5.41) is 0. The average Bonchev–Trinajstić information content (AvgIpc) is 2.58. The highest BCUT2D eigenvalue weighted by Crippen LogP contribution is 2.32. The maximum Gasteiger partial charge on any atom is 0.293 e. The van der Waals surface area contributed by atoms with E-state index in [0.717, 1.165) is 12.8 Å². The third-order valence-corrected chi connectivity index (χ3v) is 2.62. The van der Waals surface area contributed by atoms with E-state index in [2.05, 4.69) is 18.2 Å². The van der Waals surface area contributed by atoms with Gasteiger partial charge in [-0.15, -0.1) is 0 Å². The van der Waals surface area contributed by atoms with Crippen LogP contribution < -0.4 is 0 Å². The van der Waals surface area contributed by atoms with Crippen LogP contribution in [0.4, 0.5) is 0 Å². The molecule has 13 heavy (non-hydrogen) atoms. The number of aryl methyl sites for hydroxylation is 1. The Morgan fingerprint density at radius 1 is 1.46 bits per heavy atom. The molecule has 0 fully saturated rings. The van der Waals surface area contributed by atoms with E-state index in [1.807, 2.05) is 6.07 Å². The van der Waals surface area contributed by atoms with Gasteiger partial charge in [0.05, 0.1) is 6.61 Å². The minimum Gasteiger partial charge on any atom is -0.467 e. The van der Waals surface area contributed by atoms with Crippen LogP contribution >= 0.6 is 0 Å². The quantitative estimate of drug-likeness (QED) is 0.657. The van der Waals surface area contributed by atoms with Crippen molar-refractivity contribution < 1.29 is 9.53 Å². The number of hydrogen-bond acceptors (Lipinski definition) is 2. The van der Waals surface area contributed by atoms with Crippen molar-refractivity contribution in [2.45, 2.75) is 18.8 Å². The molecule has 1 aromatic carbocycles. The highest BCUT2D eigenvalue weighted by atomic mass is 16.5. The second-order valence-electron chi connectivity index (χ2n) is 3.36. The van der Waals surface area contributed by atoms with Crippen LogP contribution in [0.25, 0.3) is 0 Å². The topological polar surface area (TPSA) is 26.3 Å². The maximum absolute atomic E-state index is 10.1. The summed E-state index contributed by atoms with van der Waals surface area (Å²) in [4.78, 5) is 10.1. The zero-order valence-electron chi connectivity index (χ0n) is 7.40. The zero-order valence-corrected chi connectivity index (χ0v) is 7.40. The standard InChI is InChI=1S/C11H12O2/c12-8-13-7-10-6-5-9-3-1-2-4-11(9)10/h1-4,8,10H,5-7H2. The largest absolute Gasteiger partial charge is 0.467 e. The molecule has 0 N–H and O–H groups in total. The molecule has 0 saturated carbocycles. The van der Waals surface area contributed by atoms with Gasteiger partial charge in [-0.3, -0.25) is 4.79 Å². The number of rotatable bonds is 3. The first-order valence-electron chi connectivity index (χ1n) is 4.55. The Hall–Kier alpha value is -1.31. The van der Waals surface area contributed by atoms with Crippen LogP contribution in [0.1, 0.15) is 23.5 Å². The summed E-state index contributed by atoms with van der Waals surface area (Å²) in [5.74, 6) is 0.418. The Bertz CT molecular complexity index is 307. The molecule has 2 nitrogen and oxygen atoms in total. The number of fused-ring (bicyclic) bond motifs is 1. The summed E-state index contributed by atoms with van der Waals surface area (Å²) in [6.45, 7) is 1.06. The number of hydrogen-bond donors (Lipinski definition) is 0. The smallest absolute Gasteiger partial charge is 0.293 e. The molecule has 1 aliphatic rings. The lowest BCUT2D eigenvalue weighted by Gasteiger charge is -2.08. The van der Waals surface area contributed by atoms with E-state index in [1.165, 1.54) is 11.1 Å². The van der Waals surface area contributed by atoms with Gasteiger partial charge in [0.15, 0.2) is 0 Å². The Morgan fingerprint density at radius 3 is 3.15 bits per heavy atom. The molecule has 1 aromatic rings. The maximum atomic E-state index is 10.1. The van der Waals surface area contributed by atoms with Crippen molar-refractivity contribution in [3.05, 3.63) is 35.4 Å². The lowest BCUT2D eigenvalue weighted by atomic mass is 10.0. The molecule has 68 valence electrons. The number of carbonyl (C=O) groups is 1. The van der Waals surface area contributed by atoms with Gasteiger partial charge in [-0.2, -0.15) is 0 Å². The summed E-state index contributed by atoms with van der Waals surface area (Å²) in [6.07, 6.45) is 2.22. The van der Waals surface area contributed by atoms with Gasteiger partial charge < -0.3 is 4.74 Å². The molecule has 0 aromatic heterocycles. The lowest BCUT2D eigenvalue weighted by Crippen LogP contribution is -2.03. The van der Waals surface area contributed by atoms with Crippen molar-refractivity contribution in [2.75, 3.05) is 6.61 Å². The van der Waals surface area contributed by atoms with Crippen LogP contribution in [0.2, 0.25) is 0 Å². The molecule has 2 rings (SSSR count). The molecule has 0 heterocycles. The fourth-order valence-electron chi connectivity index (χ4n) is 1.97. The molecule has 0 amide bonds. The second-order valence-corrected chi connectivity index (χ2v) is 3.36. The average molecular weight is 176 g/mol. The van der Waals surface area contributed by atoms with Gasteiger partial charge >= 0.3 is 0 Å². The van der Waals surface area contributed by atoms with Crippen molar-refractivity contribution in [3.63, 3.8) is 0 Å². The van der Waals surface area contributed by atoms with Gasteiger partial charge in [-0.25, -0.2) is 0 Å². The van der Waals surface area contributed by atoms with Gasteiger partial charge in [0, 0.05) is 5.92 Å². The van der Waals surface area contributed by atoms with Crippen molar-refractivity contribution >= 4 is 6.47 Å². The molecule has 0 bridgehead atoms. The van der Waals surface area contributed by atoms with Crippen molar-refractivity contribution in [3.8, 4) is 0 Å². The van der Waals surface area contributed by atoms with Gasteiger partial charge in [0.1, 0.15) is 0 Å². The van der Waals surface area contributed by atoms with E-state index in [0.29, 0.717) is 19.0 Å². The molecular formula is C11H12O2. The monoisotopic (exact) mass is 176 g/mol. The molecule has 2 heteroatoms. The first-order chi connectivity index (χ1) is 6.42. The van der Waals surface area contributed by atoms with Gasteiger partial charge in [-0.05, 0) is 24.0 Å². The molecule has 0 aliphatic heterocycles. The molecule has 1 aliphatic carbocycles. The molecule has 0 radical (unpaired) electrons. The predicted molar refractivity (Wildman–Crippen MR) is 49.5 cm³/mol. The van der Waals surface area contributed by atoms with E-state index in [1.54, 1.807) is 0 Å². The number of carbonyl (C=O) groups excluding carboxylic acids is 1. The highest BCUT2D eigenvalue weighted by molar-refractivity contribution is 5.39. The molecule has 0 spiro atoms. The van der Waals surface area contributed by atoms with E-state index in [9.17, 15) is 4.79 Å². The van der Waals surface area contributed by atoms with Crippen molar-refractivity contribution in [2.24, 2.45) is 0 Å². The molecular weight excluding hydrogens is 164 g/mol. The predicted octanol–water partition coefficient (Wildman–Crippen LogP) is 1.89. The van der Waals surface area contributed by atoms with E-state index in [4.69, 9.17) is 4.74 Å². The minimum atomic E-state index is 0.418. The molecule has 1 atom stereocenters. The van der Waals surface area contributed by atoms with Gasteiger partial charge in [-0.1, -0.05) is 24.3 Å². The fourth-order valence-corrected chi connectivity index (χ4v) is 1.97. The van der Waals surface area contributed by atoms with Crippen molar-refractivity contribution in [1.82, 2.24) is 0 Å². The Balaban J connectivity index is 2.13. The van der Waals surface area contributed by atoms with Gasteiger partial charge in [0.2, 0.25) is 0 Å². The Morgan fingerprint density at radius 2 is 2.31 bits per heavy atom. The van der Waals surface area contributed by atoms with E-state index in [-0.39, 0.29) is 0 Å². The summed E-state index contributed by atoms with van der Waals surface area (Å²) in [5.41, 5.74) is 2.76. The number of ether oxygens (including phenoxy) is 1.